The third kappa shape index (κ3) is 4.74. The highest BCUT2D eigenvalue weighted by Gasteiger charge is 2.13. The third-order valence-corrected chi connectivity index (χ3v) is 5.02. The Hall–Kier alpha value is -3.20. The van der Waals surface area contributed by atoms with E-state index in [1.54, 1.807) is 12.1 Å². The minimum absolute atomic E-state index is 0.0127. The minimum atomic E-state index is -3.14. The number of imidazole rings is 1. The molecule has 8 nitrogen and oxygen atoms in total. The number of fused-ring (bicyclic) bond motifs is 1. The second kappa shape index (κ2) is 7.81. The SMILES string of the molecule is Cn1c(CC(=O)NNC(=O)c2ccc(CS(C)(=O)=O)cc2)nc2ccccc21. The Bertz CT molecular complexity index is 1130. The van der Waals surface area contributed by atoms with Gasteiger partial charge in [-0.1, -0.05) is 24.3 Å². The fourth-order valence-electron chi connectivity index (χ4n) is 2.80. The molecule has 9 heteroatoms. The van der Waals surface area contributed by atoms with Crippen molar-refractivity contribution in [2.45, 2.75) is 12.2 Å². The predicted octanol–water partition coefficient (Wildman–Crippen LogP) is 1.12. The third-order valence-electron chi connectivity index (χ3n) is 4.16. The fraction of sp³-hybridized carbons (Fsp3) is 0.211. The number of nitrogens with one attached hydrogen (secondary N) is 2. The first-order chi connectivity index (χ1) is 13.2. The van der Waals surface area contributed by atoms with E-state index < -0.39 is 21.7 Å². The zero-order valence-electron chi connectivity index (χ0n) is 15.5. The van der Waals surface area contributed by atoms with E-state index in [1.165, 1.54) is 12.1 Å². The Morgan fingerprint density at radius 3 is 2.36 bits per heavy atom. The maximum atomic E-state index is 12.1. The first kappa shape index (κ1) is 19.6. The summed E-state index contributed by atoms with van der Waals surface area (Å²) in [5.74, 6) is -0.410. The van der Waals surface area contributed by atoms with Crippen LogP contribution in [0.3, 0.4) is 0 Å². The minimum Gasteiger partial charge on any atom is -0.331 e. The van der Waals surface area contributed by atoms with Crippen molar-refractivity contribution in [3.05, 3.63) is 65.5 Å². The largest absolute Gasteiger partial charge is 0.331 e. The molecule has 0 aliphatic rings. The van der Waals surface area contributed by atoms with Gasteiger partial charge in [-0.05, 0) is 29.8 Å². The second-order valence-electron chi connectivity index (χ2n) is 6.52. The van der Waals surface area contributed by atoms with E-state index in [0.717, 1.165) is 17.3 Å². The molecular formula is C19H20N4O4S. The maximum Gasteiger partial charge on any atom is 0.269 e. The van der Waals surface area contributed by atoms with Crippen molar-refractivity contribution in [2.75, 3.05) is 6.26 Å². The summed E-state index contributed by atoms with van der Waals surface area (Å²) in [7, 11) is -1.31. The average molecular weight is 400 g/mol. The van der Waals surface area contributed by atoms with Gasteiger partial charge in [-0.3, -0.25) is 20.4 Å². The zero-order valence-corrected chi connectivity index (χ0v) is 16.3. The number of aryl methyl sites for hydroxylation is 1. The highest BCUT2D eigenvalue weighted by atomic mass is 32.2. The number of benzene rings is 2. The van der Waals surface area contributed by atoms with Crippen LogP contribution >= 0.6 is 0 Å². The van der Waals surface area contributed by atoms with E-state index >= 15 is 0 Å². The van der Waals surface area contributed by atoms with Gasteiger partial charge >= 0.3 is 0 Å². The standard InChI is InChI=1S/C19H20N4O4S/c1-23-16-6-4-3-5-15(16)20-17(23)11-18(24)21-22-19(25)14-9-7-13(8-10-14)12-28(2,26)27/h3-10H,11-12H2,1-2H3,(H,21,24)(H,22,25). The van der Waals surface area contributed by atoms with Gasteiger partial charge in [0.2, 0.25) is 5.91 Å². The second-order valence-corrected chi connectivity index (χ2v) is 8.66. The summed E-state index contributed by atoms with van der Waals surface area (Å²) in [5.41, 5.74) is 7.32. The van der Waals surface area contributed by atoms with Gasteiger partial charge in [0.05, 0.1) is 23.2 Å². The van der Waals surface area contributed by atoms with Gasteiger partial charge in [0.1, 0.15) is 5.82 Å². The lowest BCUT2D eigenvalue weighted by Crippen LogP contribution is -2.42. The summed E-state index contributed by atoms with van der Waals surface area (Å²) in [4.78, 5) is 28.7. The van der Waals surface area contributed by atoms with Gasteiger partial charge in [-0.25, -0.2) is 13.4 Å². The van der Waals surface area contributed by atoms with Gasteiger partial charge < -0.3 is 4.57 Å². The Labute approximate surface area is 162 Å². The molecule has 0 fully saturated rings. The summed E-state index contributed by atoms with van der Waals surface area (Å²) in [6.07, 6.45) is 1.16. The Kier molecular flexibility index (Phi) is 5.46. The molecule has 2 aromatic carbocycles. The summed E-state index contributed by atoms with van der Waals surface area (Å²) in [5, 5.41) is 0. The monoisotopic (exact) mass is 400 g/mol. The van der Waals surface area contributed by atoms with Gasteiger partial charge in [-0.15, -0.1) is 0 Å². The number of amides is 2. The van der Waals surface area contributed by atoms with Crippen LogP contribution in [0.1, 0.15) is 21.7 Å². The molecule has 2 amide bonds. The van der Waals surface area contributed by atoms with Gasteiger partial charge in [0.25, 0.3) is 5.91 Å². The summed E-state index contributed by atoms with van der Waals surface area (Å²) in [6, 6.07) is 13.7. The van der Waals surface area contributed by atoms with Crippen molar-refractivity contribution in [1.82, 2.24) is 20.4 Å². The lowest BCUT2D eigenvalue weighted by molar-refractivity contribution is -0.121. The summed E-state index contributed by atoms with van der Waals surface area (Å²) >= 11 is 0. The average Bonchev–Trinajstić information content (AvgIpc) is 2.95. The van der Waals surface area contributed by atoms with Crippen molar-refractivity contribution in [3.8, 4) is 0 Å². The molecular weight excluding hydrogens is 380 g/mol. The summed E-state index contributed by atoms with van der Waals surface area (Å²) < 4.78 is 24.4. The molecule has 0 saturated heterocycles. The normalized spacial score (nSPS) is 11.4. The van der Waals surface area contributed by atoms with Crippen molar-refractivity contribution in [2.24, 2.45) is 7.05 Å². The predicted molar refractivity (Wildman–Crippen MR) is 105 cm³/mol. The number of nitrogens with zero attached hydrogens (tertiary/aromatic N) is 2. The van der Waals surface area contributed by atoms with Crippen LogP contribution in [-0.2, 0) is 33.9 Å². The van der Waals surface area contributed by atoms with E-state index in [1.807, 2.05) is 35.9 Å². The van der Waals surface area contributed by atoms with Crippen molar-refractivity contribution < 1.29 is 18.0 Å². The van der Waals surface area contributed by atoms with E-state index in [-0.39, 0.29) is 12.2 Å². The van der Waals surface area contributed by atoms with Crippen LogP contribution in [-0.4, -0.2) is 36.0 Å². The number of carbonyl (C=O) groups excluding carboxylic acids is 2. The van der Waals surface area contributed by atoms with E-state index in [4.69, 9.17) is 0 Å². The van der Waals surface area contributed by atoms with Crippen LogP contribution in [0, 0.1) is 0 Å². The van der Waals surface area contributed by atoms with Crippen molar-refractivity contribution >= 4 is 32.7 Å². The quantitative estimate of drug-likeness (QED) is 0.624. The lowest BCUT2D eigenvalue weighted by Gasteiger charge is -2.08. The Morgan fingerprint density at radius 1 is 1.04 bits per heavy atom. The maximum absolute atomic E-state index is 12.1. The van der Waals surface area contributed by atoms with Crippen LogP contribution in [0.4, 0.5) is 0 Å². The number of rotatable bonds is 5. The molecule has 0 bridgehead atoms. The number of hydrogen-bond acceptors (Lipinski definition) is 5. The highest BCUT2D eigenvalue weighted by molar-refractivity contribution is 7.89. The van der Waals surface area contributed by atoms with Crippen LogP contribution in [0.25, 0.3) is 11.0 Å². The van der Waals surface area contributed by atoms with Gasteiger partial charge in [0.15, 0.2) is 9.84 Å². The number of aromatic nitrogens is 2. The van der Waals surface area contributed by atoms with E-state index in [0.29, 0.717) is 17.0 Å². The van der Waals surface area contributed by atoms with Crippen LogP contribution in [0.15, 0.2) is 48.5 Å². The molecule has 1 aromatic heterocycles. The smallest absolute Gasteiger partial charge is 0.269 e. The Morgan fingerprint density at radius 2 is 1.71 bits per heavy atom. The van der Waals surface area contributed by atoms with E-state index in [9.17, 15) is 18.0 Å². The molecule has 0 aliphatic heterocycles. The van der Waals surface area contributed by atoms with Crippen LogP contribution in [0.2, 0.25) is 0 Å². The molecule has 146 valence electrons. The molecule has 0 aliphatic carbocycles. The van der Waals surface area contributed by atoms with Crippen molar-refractivity contribution in [3.63, 3.8) is 0 Å². The van der Waals surface area contributed by atoms with Gasteiger partial charge in [0, 0.05) is 18.9 Å². The molecule has 3 rings (SSSR count). The number of hydrogen-bond donors (Lipinski definition) is 2. The van der Waals surface area contributed by atoms with Gasteiger partial charge in [-0.2, -0.15) is 0 Å². The molecule has 0 radical (unpaired) electrons. The number of carbonyl (C=O) groups is 2. The molecule has 2 N–H and O–H groups in total. The molecule has 0 unspecified atom stereocenters. The molecule has 0 spiro atoms. The first-order valence-corrected chi connectivity index (χ1v) is 10.6. The fourth-order valence-corrected chi connectivity index (χ4v) is 3.59. The Balaban J connectivity index is 1.58. The lowest BCUT2D eigenvalue weighted by atomic mass is 10.1. The van der Waals surface area contributed by atoms with Crippen LogP contribution < -0.4 is 10.9 Å². The zero-order chi connectivity index (χ0) is 20.3. The number of hydrazine groups is 1. The highest BCUT2D eigenvalue weighted by Crippen LogP contribution is 2.14. The molecule has 1 heterocycles. The first-order valence-electron chi connectivity index (χ1n) is 8.49. The topological polar surface area (TPSA) is 110 Å². The molecule has 0 atom stereocenters. The molecule has 28 heavy (non-hydrogen) atoms. The summed E-state index contributed by atoms with van der Waals surface area (Å²) in [6.45, 7) is 0. The number of sulfone groups is 1. The van der Waals surface area contributed by atoms with Crippen molar-refractivity contribution in [1.29, 1.82) is 0 Å². The van der Waals surface area contributed by atoms with Crippen LogP contribution in [0.5, 0.6) is 0 Å². The molecule has 0 saturated carbocycles. The number of para-hydroxylation sites is 2. The van der Waals surface area contributed by atoms with E-state index in [2.05, 4.69) is 15.8 Å². The molecule has 3 aromatic rings.